The number of sulfonamides is 1. The van der Waals surface area contributed by atoms with Crippen LogP contribution in [-0.4, -0.2) is 33.4 Å². The number of nitrogens with one attached hydrogen (secondary N) is 2. The molecule has 2 N–H and O–H groups in total. The Morgan fingerprint density at radius 3 is 2.38 bits per heavy atom. The molecule has 0 radical (unpaired) electrons. The summed E-state index contributed by atoms with van der Waals surface area (Å²) in [5.74, 6) is -1.74. The molecule has 0 saturated heterocycles. The molecule has 0 saturated carbocycles. The van der Waals surface area contributed by atoms with Gasteiger partial charge in [-0.3, -0.25) is 9.52 Å². The van der Waals surface area contributed by atoms with E-state index in [1.165, 1.54) is 50.4 Å². The molecule has 0 unspecified atom stereocenters. The summed E-state index contributed by atoms with van der Waals surface area (Å²) in [6.45, 7) is 1.44. The predicted octanol–water partition coefficient (Wildman–Crippen LogP) is 1.92. The van der Waals surface area contributed by atoms with E-state index in [0.717, 1.165) is 12.1 Å². The third kappa shape index (κ3) is 4.79. The van der Waals surface area contributed by atoms with Gasteiger partial charge in [0.2, 0.25) is 0 Å². The first-order chi connectivity index (χ1) is 12.2. The van der Waals surface area contributed by atoms with Crippen LogP contribution in [0.25, 0.3) is 0 Å². The van der Waals surface area contributed by atoms with Crippen LogP contribution in [0, 0.1) is 5.82 Å². The van der Waals surface area contributed by atoms with Gasteiger partial charge in [-0.2, -0.15) is 0 Å². The largest absolute Gasteiger partial charge is 0.467 e. The Hall–Kier alpha value is -2.94. The van der Waals surface area contributed by atoms with Gasteiger partial charge in [0.15, 0.2) is 0 Å². The van der Waals surface area contributed by atoms with Gasteiger partial charge in [0, 0.05) is 11.3 Å². The van der Waals surface area contributed by atoms with E-state index >= 15 is 0 Å². The van der Waals surface area contributed by atoms with Crippen LogP contribution in [-0.2, 0) is 19.6 Å². The van der Waals surface area contributed by atoms with Crippen molar-refractivity contribution in [2.24, 2.45) is 0 Å². The molecule has 0 heterocycles. The number of halogens is 1. The zero-order valence-electron chi connectivity index (χ0n) is 14.0. The van der Waals surface area contributed by atoms with E-state index in [-0.39, 0.29) is 16.1 Å². The second kappa shape index (κ2) is 7.96. The third-order valence-electron chi connectivity index (χ3n) is 3.41. The molecule has 0 aliphatic rings. The zero-order valence-corrected chi connectivity index (χ0v) is 14.8. The third-order valence-corrected chi connectivity index (χ3v) is 4.78. The van der Waals surface area contributed by atoms with Gasteiger partial charge in [-0.1, -0.05) is 6.07 Å². The highest BCUT2D eigenvalue weighted by Gasteiger charge is 2.20. The summed E-state index contributed by atoms with van der Waals surface area (Å²) in [6, 6.07) is 9.21. The maximum Gasteiger partial charge on any atom is 0.328 e. The Bertz CT molecular complexity index is 913. The topological polar surface area (TPSA) is 102 Å². The minimum Gasteiger partial charge on any atom is -0.467 e. The number of carbonyl (C=O) groups is 2. The number of anilines is 1. The lowest BCUT2D eigenvalue weighted by Crippen LogP contribution is -2.39. The maximum atomic E-state index is 12.9. The number of esters is 1. The first-order valence-electron chi connectivity index (χ1n) is 7.50. The van der Waals surface area contributed by atoms with Crippen LogP contribution in [0.2, 0.25) is 0 Å². The van der Waals surface area contributed by atoms with Gasteiger partial charge in [-0.25, -0.2) is 17.6 Å². The molecule has 1 amide bonds. The van der Waals surface area contributed by atoms with E-state index in [2.05, 4.69) is 14.8 Å². The summed E-state index contributed by atoms with van der Waals surface area (Å²) in [5.41, 5.74) is 0.239. The first-order valence-corrected chi connectivity index (χ1v) is 8.98. The van der Waals surface area contributed by atoms with Gasteiger partial charge in [-0.15, -0.1) is 0 Å². The number of rotatable bonds is 6. The molecule has 2 aromatic rings. The van der Waals surface area contributed by atoms with Gasteiger partial charge < -0.3 is 10.1 Å². The normalized spacial score (nSPS) is 12.1. The van der Waals surface area contributed by atoms with E-state index < -0.39 is 33.8 Å². The number of carbonyl (C=O) groups excluding carboxylic acids is 2. The van der Waals surface area contributed by atoms with E-state index in [1.54, 1.807) is 0 Å². The predicted molar refractivity (Wildman–Crippen MR) is 92.6 cm³/mol. The average Bonchev–Trinajstić information content (AvgIpc) is 2.62. The number of hydrogen-bond acceptors (Lipinski definition) is 5. The van der Waals surface area contributed by atoms with Gasteiger partial charge >= 0.3 is 5.97 Å². The fraction of sp³-hybridized carbons (Fsp3) is 0.176. The van der Waals surface area contributed by atoms with Crippen molar-refractivity contribution in [3.8, 4) is 0 Å². The van der Waals surface area contributed by atoms with Crippen molar-refractivity contribution in [1.29, 1.82) is 0 Å². The average molecular weight is 380 g/mol. The summed E-state index contributed by atoms with van der Waals surface area (Å²) in [4.78, 5) is 23.4. The van der Waals surface area contributed by atoms with Crippen molar-refractivity contribution in [3.63, 3.8) is 0 Å². The second-order valence-corrected chi connectivity index (χ2v) is 7.04. The molecular formula is C17H17FN2O5S. The van der Waals surface area contributed by atoms with Crippen molar-refractivity contribution in [2.75, 3.05) is 11.8 Å². The van der Waals surface area contributed by atoms with Crippen molar-refractivity contribution in [1.82, 2.24) is 5.32 Å². The highest BCUT2D eigenvalue weighted by atomic mass is 32.2. The molecule has 9 heteroatoms. The number of methoxy groups -OCH3 is 1. The highest BCUT2D eigenvalue weighted by Crippen LogP contribution is 2.17. The van der Waals surface area contributed by atoms with Crippen molar-refractivity contribution >= 4 is 27.6 Å². The van der Waals surface area contributed by atoms with Crippen LogP contribution in [0.15, 0.2) is 53.4 Å². The standard InChI is InChI=1S/C17H17FN2O5S/c1-11(17(22)25-2)19-16(21)12-4-3-5-15(10-12)26(23,24)20-14-8-6-13(18)7-9-14/h3-11,20H,1-2H3,(H,19,21)/t11-/m0/s1. The summed E-state index contributed by atoms with van der Waals surface area (Å²) in [5, 5.41) is 2.41. The molecule has 0 spiro atoms. The van der Waals surface area contributed by atoms with Crippen LogP contribution >= 0.6 is 0 Å². The van der Waals surface area contributed by atoms with Crippen molar-refractivity contribution in [2.45, 2.75) is 17.9 Å². The van der Waals surface area contributed by atoms with Crippen LogP contribution < -0.4 is 10.0 Å². The molecule has 0 bridgehead atoms. The fourth-order valence-corrected chi connectivity index (χ4v) is 3.16. The van der Waals surface area contributed by atoms with Gasteiger partial charge in [0.1, 0.15) is 11.9 Å². The highest BCUT2D eigenvalue weighted by molar-refractivity contribution is 7.92. The molecule has 2 aromatic carbocycles. The summed E-state index contributed by atoms with van der Waals surface area (Å²) < 4.78 is 44.6. The Kier molecular flexibility index (Phi) is 5.93. The number of hydrogen-bond donors (Lipinski definition) is 2. The van der Waals surface area contributed by atoms with Crippen LogP contribution in [0.4, 0.5) is 10.1 Å². The number of amides is 1. The minimum atomic E-state index is -3.98. The monoisotopic (exact) mass is 380 g/mol. The van der Waals surface area contributed by atoms with Crippen LogP contribution in [0.5, 0.6) is 0 Å². The molecule has 1 atom stereocenters. The lowest BCUT2D eigenvalue weighted by molar-refractivity contribution is -0.142. The molecule has 2 rings (SSSR count). The fourth-order valence-electron chi connectivity index (χ4n) is 2.05. The van der Waals surface area contributed by atoms with E-state index in [9.17, 15) is 22.4 Å². The zero-order chi connectivity index (χ0) is 19.3. The molecule has 0 aromatic heterocycles. The van der Waals surface area contributed by atoms with E-state index in [0.29, 0.717) is 0 Å². The molecule has 26 heavy (non-hydrogen) atoms. The molecule has 0 aliphatic heterocycles. The molecule has 7 nitrogen and oxygen atoms in total. The minimum absolute atomic E-state index is 0.0581. The Balaban J connectivity index is 2.20. The Morgan fingerprint density at radius 2 is 1.77 bits per heavy atom. The number of ether oxygens (including phenoxy) is 1. The SMILES string of the molecule is COC(=O)[C@H](C)NC(=O)c1cccc(S(=O)(=O)Nc2ccc(F)cc2)c1. The summed E-state index contributed by atoms with van der Waals surface area (Å²) >= 11 is 0. The molecule has 138 valence electrons. The quantitative estimate of drug-likeness (QED) is 0.746. The van der Waals surface area contributed by atoms with Gasteiger partial charge in [0.25, 0.3) is 15.9 Å². The van der Waals surface area contributed by atoms with Gasteiger partial charge in [0.05, 0.1) is 12.0 Å². The Labute approximate surface area is 150 Å². The molecule has 0 fully saturated rings. The first kappa shape index (κ1) is 19.4. The van der Waals surface area contributed by atoms with Gasteiger partial charge in [-0.05, 0) is 49.4 Å². The lowest BCUT2D eigenvalue weighted by atomic mass is 10.2. The second-order valence-electron chi connectivity index (χ2n) is 5.36. The smallest absolute Gasteiger partial charge is 0.328 e. The van der Waals surface area contributed by atoms with E-state index in [1.807, 2.05) is 0 Å². The molecular weight excluding hydrogens is 363 g/mol. The van der Waals surface area contributed by atoms with Crippen molar-refractivity contribution in [3.05, 3.63) is 59.9 Å². The lowest BCUT2D eigenvalue weighted by Gasteiger charge is -2.12. The summed E-state index contributed by atoms with van der Waals surface area (Å²) in [6.07, 6.45) is 0. The van der Waals surface area contributed by atoms with Crippen molar-refractivity contribution < 1.29 is 27.1 Å². The van der Waals surface area contributed by atoms with E-state index in [4.69, 9.17) is 0 Å². The van der Waals surface area contributed by atoms with Crippen LogP contribution in [0.3, 0.4) is 0 Å². The Morgan fingerprint density at radius 1 is 1.12 bits per heavy atom. The number of benzene rings is 2. The maximum absolute atomic E-state index is 12.9. The molecule has 0 aliphatic carbocycles. The summed E-state index contributed by atoms with van der Waals surface area (Å²) in [7, 11) is -2.78. The van der Waals surface area contributed by atoms with Crippen LogP contribution in [0.1, 0.15) is 17.3 Å².